The molecule has 23 heavy (non-hydrogen) atoms. The quantitative estimate of drug-likeness (QED) is 0.619. The Hall–Kier alpha value is -1.93. The van der Waals surface area contributed by atoms with Crippen molar-refractivity contribution in [3.63, 3.8) is 0 Å². The number of hydrogen-bond acceptors (Lipinski definition) is 4. The molecule has 0 spiro atoms. The van der Waals surface area contributed by atoms with Crippen molar-refractivity contribution in [2.75, 3.05) is 5.32 Å². The van der Waals surface area contributed by atoms with Crippen molar-refractivity contribution in [3.8, 4) is 0 Å². The number of nitrogens with zero attached hydrogens (tertiary/aromatic N) is 4. The minimum Gasteiger partial charge on any atom is -0.323 e. The molecular formula is C16H11ClIN5. The molecule has 0 radical (unpaired) electrons. The van der Waals surface area contributed by atoms with E-state index < -0.39 is 0 Å². The Bertz CT molecular complexity index is 887. The number of allylic oxidation sites excluding steroid dienone is 1. The van der Waals surface area contributed by atoms with Crippen molar-refractivity contribution < 1.29 is 0 Å². The van der Waals surface area contributed by atoms with E-state index in [4.69, 9.17) is 11.6 Å². The van der Waals surface area contributed by atoms with Crippen LogP contribution in [0.5, 0.6) is 0 Å². The Morgan fingerprint density at radius 1 is 1.09 bits per heavy atom. The van der Waals surface area contributed by atoms with Crippen molar-refractivity contribution in [1.29, 1.82) is 0 Å². The van der Waals surface area contributed by atoms with E-state index in [1.807, 2.05) is 24.3 Å². The second-order valence-corrected chi connectivity index (χ2v) is 6.78. The summed E-state index contributed by atoms with van der Waals surface area (Å²) < 4.78 is 2.92. The highest BCUT2D eigenvalue weighted by atomic mass is 127. The van der Waals surface area contributed by atoms with Gasteiger partial charge in [-0.1, -0.05) is 47.0 Å². The van der Waals surface area contributed by atoms with Gasteiger partial charge in [-0.2, -0.15) is 4.68 Å². The Labute approximate surface area is 151 Å². The van der Waals surface area contributed by atoms with Gasteiger partial charge in [-0.05, 0) is 68.4 Å². The second kappa shape index (κ2) is 5.93. The summed E-state index contributed by atoms with van der Waals surface area (Å²) in [5.41, 5.74) is 3.01. The summed E-state index contributed by atoms with van der Waals surface area (Å²) in [6, 6.07) is 15.9. The summed E-state index contributed by atoms with van der Waals surface area (Å²) in [5, 5.41) is 15.9. The molecule has 0 amide bonds. The van der Waals surface area contributed by atoms with Gasteiger partial charge < -0.3 is 5.32 Å². The zero-order valence-corrected chi connectivity index (χ0v) is 14.7. The third-order valence-electron chi connectivity index (χ3n) is 3.71. The standard InChI is InChI=1S/C16H11ClIN5/c17-13-4-2-1-3-12(13)15-9-14(10-5-7-11(18)8-6-10)19-16-20-21-22-23(15)16/h1-9,15H,(H,19,20,22)/t15-/m1/s1. The van der Waals surface area contributed by atoms with Gasteiger partial charge in [0.2, 0.25) is 5.95 Å². The third kappa shape index (κ3) is 2.72. The number of hydrogen-bond donors (Lipinski definition) is 1. The van der Waals surface area contributed by atoms with Crippen LogP contribution in [-0.4, -0.2) is 20.2 Å². The number of anilines is 1. The highest BCUT2D eigenvalue weighted by Gasteiger charge is 2.25. The summed E-state index contributed by atoms with van der Waals surface area (Å²) in [5.74, 6) is 0.603. The van der Waals surface area contributed by atoms with Crippen molar-refractivity contribution >= 4 is 45.8 Å². The number of aromatic nitrogens is 4. The van der Waals surface area contributed by atoms with E-state index in [2.05, 4.69) is 73.8 Å². The molecule has 5 nitrogen and oxygen atoms in total. The lowest BCUT2D eigenvalue weighted by atomic mass is 10.0. The number of halogens is 2. The van der Waals surface area contributed by atoms with E-state index in [0.29, 0.717) is 11.0 Å². The lowest BCUT2D eigenvalue weighted by Gasteiger charge is -2.24. The van der Waals surface area contributed by atoms with Crippen LogP contribution in [0.3, 0.4) is 0 Å². The third-order valence-corrected chi connectivity index (χ3v) is 4.77. The van der Waals surface area contributed by atoms with Crippen LogP contribution in [0, 0.1) is 3.57 Å². The van der Waals surface area contributed by atoms with E-state index in [0.717, 1.165) is 16.8 Å². The van der Waals surface area contributed by atoms with Crippen molar-refractivity contribution in [3.05, 3.63) is 74.3 Å². The van der Waals surface area contributed by atoms with Gasteiger partial charge in [-0.3, -0.25) is 0 Å². The van der Waals surface area contributed by atoms with Gasteiger partial charge in [0, 0.05) is 14.3 Å². The molecule has 0 saturated heterocycles. The maximum atomic E-state index is 6.37. The van der Waals surface area contributed by atoms with Gasteiger partial charge in [0.25, 0.3) is 0 Å². The number of fused-ring (bicyclic) bond motifs is 1. The fourth-order valence-electron chi connectivity index (χ4n) is 2.59. The predicted octanol–water partition coefficient (Wildman–Crippen LogP) is 3.99. The highest BCUT2D eigenvalue weighted by molar-refractivity contribution is 14.1. The Kier molecular flexibility index (Phi) is 3.78. The molecule has 1 aliphatic rings. The molecule has 1 atom stereocenters. The molecule has 1 N–H and O–H groups in total. The lowest BCUT2D eigenvalue weighted by Crippen LogP contribution is -2.20. The Morgan fingerprint density at radius 2 is 1.87 bits per heavy atom. The summed E-state index contributed by atoms with van der Waals surface area (Å²) in [6.07, 6.45) is 2.09. The van der Waals surface area contributed by atoms with Gasteiger partial charge in [0.15, 0.2) is 0 Å². The SMILES string of the molecule is Clc1ccccc1[C@H]1C=C(c2ccc(I)cc2)Nc2nnnn21. The number of tetrazole rings is 1. The molecule has 0 fully saturated rings. The van der Waals surface area contributed by atoms with Gasteiger partial charge in [-0.25, -0.2) is 0 Å². The lowest BCUT2D eigenvalue weighted by molar-refractivity contribution is 0.586. The van der Waals surface area contributed by atoms with Crippen molar-refractivity contribution in [1.82, 2.24) is 20.2 Å². The molecule has 0 aliphatic carbocycles. The largest absolute Gasteiger partial charge is 0.323 e. The van der Waals surface area contributed by atoms with Crippen LogP contribution in [0.25, 0.3) is 5.70 Å². The molecular weight excluding hydrogens is 425 g/mol. The first-order valence-electron chi connectivity index (χ1n) is 6.99. The van der Waals surface area contributed by atoms with E-state index in [9.17, 15) is 0 Å². The molecule has 1 aliphatic heterocycles. The number of rotatable bonds is 2. The summed E-state index contributed by atoms with van der Waals surface area (Å²) in [6.45, 7) is 0. The predicted molar refractivity (Wildman–Crippen MR) is 98.2 cm³/mol. The van der Waals surface area contributed by atoms with Gasteiger partial charge >= 0.3 is 0 Å². The van der Waals surface area contributed by atoms with Crippen LogP contribution >= 0.6 is 34.2 Å². The van der Waals surface area contributed by atoms with Gasteiger partial charge in [0.05, 0.1) is 0 Å². The first-order chi connectivity index (χ1) is 11.2. The summed E-state index contributed by atoms with van der Waals surface area (Å²) in [7, 11) is 0. The first kappa shape index (κ1) is 14.6. The average molecular weight is 436 g/mol. The molecule has 2 aromatic carbocycles. The minimum atomic E-state index is -0.149. The number of nitrogens with one attached hydrogen (secondary N) is 1. The average Bonchev–Trinajstić information content (AvgIpc) is 3.04. The molecule has 4 rings (SSSR count). The first-order valence-corrected chi connectivity index (χ1v) is 8.45. The Morgan fingerprint density at radius 3 is 2.65 bits per heavy atom. The molecule has 1 aromatic heterocycles. The normalized spacial score (nSPS) is 16.4. The molecule has 0 unspecified atom stereocenters. The molecule has 0 bridgehead atoms. The van der Waals surface area contributed by atoms with E-state index in [1.165, 1.54) is 3.57 Å². The van der Waals surface area contributed by atoms with Gasteiger partial charge in [0.1, 0.15) is 6.04 Å². The fraction of sp³-hybridized carbons (Fsp3) is 0.0625. The van der Waals surface area contributed by atoms with E-state index in [-0.39, 0.29) is 6.04 Å². The van der Waals surface area contributed by atoms with Crippen LogP contribution in [-0.2, 0) is 0 Å². The summed E-state index contributed by atoms with van der Waals surface area (Å²) >= 11 is 8.66. The molecule has 7 heteroatoms. The fourth-order valence-corrected chi connectivity index (χ4v) is 3.20. The molecule has 0 saturated carbocycles. The van der Waals surface area contributed by atoms with Crippen molar-refractivity contribution in [2.24, 2.45) is 0 Å². The molecule has 3 aromatic rings. The van der Waals surface area contributed by atoms with Crippen LogP contribution in [0.15, 0.2) is 54.6 Å². The van der Waals surface area contributed by atoms with E-state index in [1.54, 1.807) is 4.68 Å². The summed E-state index contributed by atoms with van der Waals surface area (Å²) in [4.78, 5) is 0. The molecule has 114 valence electrons. The topological polar surface area (TPSA) is 55.6 Å². The van der Waals surface area contributed by atoms with Crippen LogP contribution in [0.4, 0.5) is 5.95 Å². The maximum absolute atomic E-state index is 6.37. The monoisotopic (exact) mass is 435 g/mol. The van der Waals surface area contributed by atoms with E-state index >= 15 is 0 Å². The Balaban J connectivity index is 1.83. The second-order valence-electron chi connectivity index (χ2n) is 5.13. The minimum absolute atomic E-state index is 0.149. The van der Waals surface area contributed by atoms with Crippen molar-refractivity contribution in [2.45, 2.75) is 6.04 Å². The number of benzene rings is 2. The van der Waals surface area contributed by atoms with Gasteiger partial charge in [-0.15, -0.1) is 0 Å². The van der Waals surface area contributed by atoms with Crippen LogP contribution in [0.1, 0.15) is 17.2 Å². The maximum Gasteiger partial charge on any atom is 0.248 e. The molecule has 2 heterocycles. The zero-order valence-electron chi connectivity index (χ0n) is 11.8. The highest BCUT2D eigenvalue weighted by Crippen LogP contribution is 2.34. The van der Waals surface area contributed by atoms with Crippen LogP contribution in [0.2, 0.25) is 5.02 Å². The van der Waals surface area contributed by atoms with Crippen LogP contribution < -0.4 is 5.32 Å². The zero-order chi connectivity index (χ0) is 15.8. The smallest absolute Gasteiger partial charge is 0.248 e.